The number of carbonyl (C=O) groups is 2. The van der Waals surface area contributed by atoms with Crippen LogP contribution in [0, 0.1) is 0 Å². The van der Waals surface area contributed by atoms with Gasteiger partial charge in [0.15, 0.2) is 5.78 Å². The summed E-state index contributed by atoms with van der Waals surface area (Å²) in [4.78, 5) is 25.1. The molecule has 0 spiro atoms. The molecule has 0 aromatic heterocycles. The highest BCUT2D eigenvalue weighted by atomic mass is 16.4. The molecular formula is C22H25NO3. The zero-order valence-corrected chi connectivity index (χ0v) is 15.1. The van der Waals surface area contributed by atoms with Gasteiger partial charge in [-0.2, -0.15) is 0 Å². The fourth-order valence-electron chi connectivity index (χ4n) is 3.51. The van der Waals surface area contributed by atoms with E-state index < -0.39 is 5.97 Å². The Bertz CT molecular complexity index is 759. The number of carboxylic acids is 1. The lowest BCUT2D eigenvalue weighted by Crippen LogP contribution is -2.23. The SMILES string of the molecule is C[C@H](c1ccc(-c2ccc(C(=O)CCC(=O)O)cc2)cc1)N1CCCC1. The predicted molar refractivity (Wildman–Crippen MR) is 102 cm³/mol. The van der Waals surface area contributed by atoms with Crippen LogP contribution in [0.4, 0.5) is 0 Å². The minimum Gasteiger partial charge on any atom is -0.481 e. The van der Waals surface area contributed by atoms with Gasteiger partial charge in [-0.3, -0.25) is 14.5 Å². The summed E-state index contributed by atoms with van der Waals surface area (Å²) in [6.07, 6.45) is 2.49. The molecule has 1 aliphatic heterocycles. The maximum absolute atomic E-state index is 12.0. The maximum atomic E-state index is 12.0. The van der Waals surface area contributed by atoms with Gasteiger partial charge in [-0.1, -0.05) is 48.5 Å². The Hall–Kier alpha value is -2.46. The highest BCUT2D eigenvalue weighted by Gasteiger charge is 2.19. The van der Waals surface area contributed by atoms with Crippen molar-refractivity contribution in [1.29, 1.82) is 0 Å². The van der Waals surface area contributed by atoms with Crippen molar-refractivity contribution in [2.75, 3.05) is 13.1 Å². The van der Waals surface area contributed by atoms with E-state index in [-0.39, 0.29) is 18.6 Å². The molecule has 0 bridgehead atoms. The molecule has 26 heavy (non-hydrogen) atoms. The van der Waals surface area contributed by atoms with Crippen molar-refractivity contribution >= 4 is 11.8 Å². The van der Waals surface area contributed by atoms with Gasteiger partial charge in [-0.05, 0) is 49.5 Å². The second-order valence-electron chi connectivity index (χ2n) is 6.94. The van der Waals surface area contributed by atoms with Crippen molar-refractivity contribution in [2.24, 2.45) is 0 Å². The summed E-state index contributed by atoms with van der Waals surface area (Å²) >= 11 is 0. The molecule has 1 N–H and O–H groups in total. The van der Waals surface area contributed by atoms with Gasteiger partial charge in [0, 0.05) is 18.0 Å². The Labute approximate surface area is 154 Å². The number of likely N-dealkylation sites (tertiary alicyclic amines) is 1. The molecule has 1 fully saturated rings. The average Bonchev–Trinajstić information content (AvgIpc) is 3.20. The maximum Gasteiger partial charge on any atom is 0.303 e. The molecule has 0 radical (unpaired) electrons. The topological polar surface area (TPSA) is 57.6 Å². The summed E-state index contributed by atoms with van der Waals surface area (Å²) in [5, 5.41) is 8.68. The van der Waals surface area contributed by atoms with Crippen molar-refractivity contribution in [3.63, 3.8) is 0 Å². The minimum atomic E-state index is -0.946. The van der Waals surface area contributed by atoms with Gasteiger partial charge in [0.1, 0.15) is 0 Å². The fourth-order valence-corrected chi connectivity index (χ4v) is 3.51. The Morgan fingerprint density at radius 1 is 0.923 bits per heavy atom. The van der Waals surface area contributed by atoms with Gasteiger partial charge in [-0.25, -0.2) is 0 Å². The Morgan fingerprint density at radius 3 is 2.00 bits per heavy atom. The second kappa shape index (κ2) is 8.28. The zero-order chi connectivity index (χ0) is 18.5. The molecule has 0 saturated carbocycles. The normalized spacial score (nSPS) is 15.7. The Balaban J connectivity index is 1.67. The van der Waals surface area contributed by atoms with Gasteiger partial charge in [0.05, 0.1) is 6.42 Å². The van der Waals surface area contributed by atoms with Crippen molar-refractivity contribution in [1.82, 2.24) is 4.90 Å². The third-order valence-corrected chi connectivity index (χ3v) is 5.19. The van der Waals surface area contributed by atoms with Crippen LogP contribution in [0.15, 0.2) is 48.5 Å². The van der Waals surface area contributed by atoms with Crippen LogP contribution >= 0.6 is 0 Å². The van der Waals surface area contributed by atoms with Crippen LogP contribution in [-0.4, -0.2) is 34.8 Å². The second-order valence-corrected chi connectivity index (χ2v) is 6.94. The standard InChI is InChI=1S/C22H25NO3/c1-16(23-14-2-3-15-23)17-4-6-18(7-5-17)19-8-10-20(11-9-19)21(24)12-13-22(25)26/h4-11,16H,2-3,12-15H2,1H3,(H,25,26)/t16-/m1/s1. The molecule has 0 amide bonds. The monoisotopic (exact) mass is 351 g/mol. The lowest BCUT2D eigenvalue weighted by atomic mass is 9.98. The van der Waals surface area contributed by atoms with Crippen LogP contribution in [0.3, 0.4) is 0 Å². The first-order chi connectivity index (χ1) is 12.5. The van der Waals surface area contributed by atoms with E-state index in [0.29, 0.717) is 11.6 Å². The molecule has 2 aromatic carbocycles. The lowest BCUT2D eigenvalue weighted by Gasteiger charge is -2.24. The van der Waals surface area contributed by atoms with Crippen LogP contribution in [0.25, 0.3) is 11.1 Å². The van der Waals surface area contributed by atoms with Crippen molar-refractivity contribution in [3.05, 3.63) is 59.7 Å². The molecule has 0 unspecified atom stereocenters. The number of hydrogen-bond acceptors (Lipinski definition) is 3. The summed E-state index contributed by atoms with van der Waals surface area (Å²) < 4.78 is 0. The van der Waals surface area contributed by atoms with Crippen molar-refractivity contribution < 1.29 is 14.7 Å². The Morgan fingerprint density at radius 2 is 1.46 bits per heavy atom. The Kier molecular flexibility index (Phi) is 5.84. The largest absolute Gasteiger partial charge is 0.481 e. The van der Waals surface area contributed by atoms with Crippen LogP contribution < -0.4 is 0 Å². The van der Waals surface area contributed by atoms with Gasteiger partial charge in [-0.15, -0.1) is 0 Å². The number of hydrogen-bond donors (Lipinski definition) is 1. The number of benzene rings is 2. The molecule has 4 heteroatoms. The molecule has 0 aliphatic carbocycles. The van der Waals surface area contributed by atoms with Crippen molar-refractivity contribution in [3.8, 4) is 11.1 Å². The highest BCUT2D eigenvalue weighted by molar-refractivity contribution is 5.97. The molecule has 4 nitrogen and oxygen atoms in total. The molecule has 136 valence electrons. The van der Waals surface area contributed by atoms with E-state index in [1.807, 2.05) is 12.1 Å². The molecule has 2 aromatic rings. The predicted octanol–water partition coefficient (Wildman–Crippen LogP) is 4.56. The molecule has 1 heterocycles. The highest BCUT2D eigenvalue weighted by Crippen LogP contribution is 2.27. The summed E-state index contributed by atoms with van der Waals surface area (Å²) in [5.41, 5.74) is 4.07. The number of nitrogens with zero attached hydrogens (tertiary/aromatic N) is 1. The molecular weight excluding hydrogens is 326 g/mol. The third kappa shape index (κ3) is 4.38. The lowest BCUT2D eigenvalue weighted by molar-refractivity contribution is -0.136. The van der Waals surface area contributed by atoms with Crippen LogP contribution in [0.5, 0.6) is 0 Å². The smallest absolute Gasteiger partial charge is 0.303 e. The third-order valence-electron chi connectivity index (χ3n) is 5.19. The van der Waals surface area contributed by atoms with E-state index in [4.69, 9.17) is 5.11 Å². The molecule has 1 aliphatic rings. The van der Waals surface area contributed by atoms with Crippen LogP contribution in [0.1, 0.15) is 54.6 Å². The van der Waals surface area contributed by atoms with E-state index in [9.17, 15) is 9.59 Å². The number of Topliss-reactive ketones (excluding diaryl/α,β-unsaturated/α-hetero) is 1. The van der Waals surface area contributed by atoms with Crippen LogP contribution in [0.2, 0.25) is 0 Å². The van der Waals surface area contributed by atoms with Crippen LogP contribution in [-0.2, 0) is 4.79 Å². The first-order valence-corrected chi connectivity index (χ1v) is 9.24. The van der Waals surface area contributed by atoms with Gasteiger partial charge in [0.25, 0.3) is 0 Å². The average molecular weight is 351 g/mol. The fraction of sp³-hybridized carbons (Fsp3) is 0.364. The number of carbonyl (C=O) groups excluding carboxylic acids is 1. The van der Waals surface area contributed by atoms with Crippen molar-refractivity contribution in [2.45, 2.75) is 38.6 Å². The first-order valence-electron chi connectivity index (χ1n) is 9.24. The summed E-state index contributed by atoms with van der Waals surface area (Å²) in [6, 6.07) is 16.5. The summed E-state index contributed by atoms with van der Waals surface area (Å²) in [5.74, 6) is -1.08. The van der Waals surface area contributed by atoms with E-state index in [1.165, 1.54) is 31.5 Å². The summed E-state index contributed by atoms with van der Waals surface area (Å²) in [6.45, 7) is 4.62. The van der Waals surface area contributed by atoms with E-state index in [0.717, 1.165) is 11.1 Å². The zero-order valence-electron chi connectivity index (χ0n) is 15.1. The number of rotatable bonds is 7. The first kappa shape index (κ1) is 18.3. The summed E-state index contributed by atoms with van der Waals surface area (Å²) in [7, 11) is 0. The number of carboxylic acid groups (broad SMARTS) is 1. The van der Waals surface area contributed by atoms with E-state index in [1.54, 1.807) is 12.1 Å². The number of ketones is 1. The van der Waals surface area contributed by atoms with Gasteiger partial charge >= 0.3 is 5.97 Å². The van der Waals surface area contributed by atoms with Gasteiger partial charge < -0.3 is 5.11 Å². The molecule has 1 atom stereocenters. The van der Waals surface area contributed by atoms with Gasteiger partial charge in [0.2, 0.25) is 0 Å². The molecule has 3 rings (SSSR count). The quantitative estimate of drug-likeness (QED) is 0.743. The van der Waals surface area contributed by atoms with E-state index >= 15 is 0 Å². The number of aliphatic carboxylic acids is 1. The van der Waals surface area contributed by atoms with E-state index in [2.05, 4.69) is 36.1 Å². The molecule has 1 saturated heterocycles. The minimum absolute atomic E-state index is 0.0394.